The van der Waals surface area contributed by atoms with Crippen LogP contribution < -0.4 is 56.5 Å². The minimum atomic E-state index is -4.48. The fourth-order valence-corrected chi connectivity index (χ4v) is 22.2. The standard InChI is InChI=1S/C23H27N3O3.C22H23F6N.C20H25ClN2O3S.C20H24ClNO4S.C16H18FN2O2P/c1-14-15(8-12-20(24-14)29-4)7-11-18-21(23(18,2)3)16-5-9-17(10-6-16)26-13-19(27)25-22(26)28;1-20(2)17(12-5-13-3-10-16(11-4-13)21(23,24)25)18(20)14-6-8-15(9-7-14)19(29)22(26,27)28;1-20(2)17(10-6-14-12-15(21)7-11-18(14)26-3)19(20)13-4-8-16(9-5-13)27(24,25)23-22;1-20(2)17(10-6-14-12-15(21)7-11-18(14)26-3)19(20)13-4-8-16(9-5-13)27(24,25)22-23;17-14-7-11(9-19-10-14)1-2-13-8-16(13)12-3-5-15(6-4-12)22(18,20)21/h5-6,8-10,12,18,21H,7,11,13H2,1-4H3,(H,25,27,28);3-4,6-11,17-19H,5,12,29H2,1-2H3;4-5,7-9,11-12,17,19,23H,6,10,22H2,1-3H3;4-5,7-9,11-12,17,19,22-23H,6,10H2,1-3H3;3-7,9-10,13,16H,1-2,8H2,(H3,18,20,21). The number of pyridine rings is 2. The van der Waals surface area contributed by atoms with Crippen LogP contribution >= 0.6 is 30.7 Å². The van der Waals surface area contributed by atoms with Gasteiger partial charge in [-0.25, -0.2) is 31.0 Å². The number of hydrogen-bond donors (Lipinski definition) is 8. The van der Waals surface area contributed by atoms with Crippen molar-refractivity contribution >= 4 is 73.7 Å². The number of aryl methyl sites for hydroxylation is 6. The molecule has 3 heterocycles. The average molecular weight is 1950 g/mol. The lowest BCUT2D eigenvalue weighted by Crippen LogP contribution is -2.30. The molecule has 1 aliphatic heterocycles. The maximum absolute atomic E-state index is 13.1. The van der Waals surface area contributed by atoms with Crippen molar-refractivity contribution in [2.45, 2.75) is 191 Å². The van der Waals surface area contributed by atoms with Gasteiger partial charge in [0.25, 0.3) is 27.6 Å². The Hall–Kier alpha value is -9.66. The number of benzene rings is 8. The summed E-state index contributed by atoms with van der Waals surface area (Å²) in [5.41, 5.74) is 23.1. The van der Waals surface area contributed by atoms with E-state index in [9.17, 15) is 66.6 Å². The number of aromatic nitrogens is 2. The second-order valence-electron chi connectivity index (χ2n) is 37.9. The number of amides is 3. The molecule has 1 saturated heterocycles. The summed E-state index contributed by atoms with van der Waals surface area (Å²) < 4.78 is 164. The van der Waals surface area contributed by atoms with Crippen LogP contribution in [0.15, 0.2) is 222 Å². The van der Waals surface area contributed by atoms with Gasteiger partial charge in [0.1, 0.15) is 29.9 Å². The molecule has 5 aliphatic carbocycles. The van der Waals surface area contributed by atoms with Crippen LogP contribution in [0.25, 0.3) is 0 Å². The Balaban J connectivity index is 0.000000151. The van der Waals surface area contributed by atoms with E-state index in [1.54, 1.807) is 63.9 Å². The number of carbonyl (C=O) groups excluding carboxylic acids is 2. The topological polar surface area (TPSA) is 331 Å². The number of carbonyl (C=O) groups is 2. The molecule has 718 valence electrons. The zero-order valence-electron chi connectivity index (χ0n) is 76.8. The van der Waals surface area contributed by atoms with Gasteiger partial charge in [-0.3, -0.25) is 35.9 Å². The Labute approximate surface area is 789 Å². The van der Waals surface area contributed by atoms with E-state index in [1.807, 2.05) is 103 Å². The van der Waals surface area contributed by atoms with Gasteiger partial charge in [0, 0.05) is 33.7 Å². The average Bonchev–Trinajstić information content (AvgIpc) is 1.58. The fourth-order valence-electron chi connectivity index (χ4n) is 20.0. The molecule has 11 N–H and O–H groups in total. The minimum absolute atomic E-state index is 0.0143. The summed E-state index contributed by atoms with van der Waals surface area (Å²) in [6, 6.07) is 54.8. The van der Waals surface area contributed by atoms with E-state index in [0.717, 1.165) is 138 Å². The third-order valence-electron chi connectivity index (χ3n) is 28.2. The zero-order chi connectivity index (χ0) is 97.8. The molecule has 10 aromatic rings. The highest BCUT2D eigenvalue weighted by atomic mass is 35.5. The van der Waals surface area contributed by atoms with Crippen molar-refractivity contribution in [2.75, 3.05) is 32.8 Å². The van der Waals surface area contributed by atoms with Crippen molar-refractivity contribution < 1.29 is 86.0 Å². The SMILES string of the molecule is CC1(C)C(CCc2ccc(C(F)(F)F)cc2)C1c1ccc(C(N)C(F)(F)F)cc1.COc1ccc(CCC2C(c3ccc(N4CC(=O)NC4=O)cc3)C2(C)C)c(C)n1.COc1ccc(Cl)cc1CCC1C(c2ccc(S(=O)(=O)NN)cc2)C1(C)C.COc1ccc(Cl)cc1CCC1C(c2ccc(S(=O)(=O)NO)cc2)C1(C)C.NP(=O)(O)c1ccc(C2CC2CCc2cncc(F)c2)cc1. The number of urea groups is 1. The number of ether oxygens (including phenoxy) is 3. The van der Waals surface area contributed by atoms with Crippen molar-refractivity contribution in [1.29, 1.82) is 0 Å². The molecule has 6 aliphatic rings. The Morgan fingerprint density at radius 2 is 0.985 bits per heavy atom. The third-order valence-corrected chi connectivity index (χ3v) is 32.0. The molecule has 0 radical (unpaired) electrons. The second kappa shape index (κ2) is 41.7. The second-order valence-corrected chi connectivity index (χ2v) is 43.9. The van der Waals surface area contributed by atoms with Gasteiger partial charge in [0.15, 0.2) is 0 Å². The quantitative estimate of drug-likeness (QED) is 0.00682. The maximum Gasteiger partial charge on any atom is 0.416 e. The highest BCUT2D eigenvalue weighted by Gasteiger charge is 2.60. The molecule has 2 aromatic heterocycles. The Morgan fingerprint density at radius 3 is 1.39 bits per heavy atom. The highest BCUT2D eigenvalue weighted by Crippen LogP contribution is 2.69. The number of sulfonamides is 2. The molecular formula is C101H117Cl2F7N9O12PS2. The van der Waals surface area contributed by atoms with Gasteiger partial charge in [-0.1, -0.05) is 174 Å². The van der Waals surface area contributed by atoms with E-state index < -0.39 is 51.5 Å². The lowest BCUT2D eigenvalue weighted by Gasteiger charge is -2.16. The lowest BCUT2D eigenvalue weighted by molar-refractivity contribution is -0.149. The van der Waals surface area contributed by atoms with Crippen molar-refractivity contribution in [3.63, 3.8) is 0 Å². The van der Waals surface area contributed by atoms with Gasteiger partial charge < -0.3 is 30.0 Å². The summed E-state index contributed by atoms with van der Waals surface area (Å²) in [5.74, 6) is 11.3. The van der Waals surface area contributed by atoms with Gasteiger partial charge in [0.05, 0.1) is 48.2 Å². The molecular weight excluding hydrogens is 1830 g/mol. The number of rotatable bonds is 30. The van der Waals surface area contributed by atoms with Crippen molar-refractivity contribution in [2.24, 2.45) is 68.3 Å². The van der Waals surface area contributed by atoms with Gasteiger partial charge in [-0.05, 0) is 323 Å². The first-order valence-electron chi connectivity index (χ1n) is 44.3. The maximum atomic E-state index is 13.1. The van der Waals surface area contributed by atoms with E-state index >= 15 is 0 Å². The van der Waals surface area contributed by atoms with Gasteiger partial charge >= 0.3 is 18.4 Å². The Bertz CT molecular complexity index is 5930. The first kappa shape index (κ1) is 103. The van der Waals surface area contributed by atoms with Crippen molar-refractivity contribution in [1.82, 2.24) is 25.0 Å². The summed E-state index contributed by atoms with van der Waals surface area (Å²) in [6.45, 7) is 19.9. The Morgan fingerprint density at radius 1 is 0.552 bits per heavy atom. The molecule has 12 unspecified atom stereocenters. The van der Waals surface area contributed by atoms with E-state index in [4.69, 9.17) is 59.7 Å². The molecule has 0 bridgehead atoms. The van der Waals surface area contributed by atoms with Crippen LogP contribution in [0.2, 0.25) is 10.0 Å². The predicted octanol–water partition coefficient (Wildman–Crippen LogP) is 21.5. The van der Waals surface area contributed by atoms with E-state index in [0.29, 0.717) is 75.6 Å². The molecule has 8 aromatic carbocycles. The number of nitrogens with zero attached hydrogens (tertiary/aromatic N) is 3. The van der Waals surface area contributed by atoms with Crippen LogP contribution in [-0.2, 0) is 67.7 Å². The first-order chi connectivity index (χ1) is 63.0. The van der Waals surface area contributed by atoms with Crippen LogP contribution in [0.4, 0.5) is 41.2 Å². The fraction of sp³-hybridized carbons (Fsp3) is 0.406. The van der Waals surface area contributed by atoms with Crippen LogP contribution in [0.3, 0.4) is 0 Å². The van der Waals surface area contributed by atoms with Crippen LogP contribution in [0.1, 0.15) is 202 Å². The van der Waals surface area contributed by atoms with E-state index in [1.165, 1.54) is 75.1 Å². The Kier molecular flexibility index (Phi) is 32.2. The first-order valence-corrected chi connectivity index (χ1v) is 49.8. The monoisotopic (exact) mass is 1950 g/mol. The molecule has 3 amide bonds. The molecule has 16 rings (SSSR count). The van der Waals surface area contributed by atoms with Crippen LogP contribution in [0.5, 0.6) is 17.4 Å². The molecule has 5 saturated carbocycles. The number of alkyl halides is 6. The number of hydrazine groups is 1. The van der Waals surface area contributed by atoms with E-state index in [2.05, 4.69) is 88.9 Å². The van der Waals surface area contributed by atoms with Crippen molar-refractivity contribution in [3.05, 3.63) is 301 Å². The van der Waals surface area contributed by atoms with Gasteiger partial charge in [0.2, 0.25) is 11.8 Å². The third kappa shape index (κ3) is 25.0. The number of halogens is 9. The molecule has 6 fully saturated rings. The number of nitrogens with two attached hydrogens (primary N) is 3. The molecule has 33 heteroatoms. The minimum Gasteiger partial charge on any atom is -0.496 e. The lowest BCUT2D eigenvalue weighted by atomic mass is 9.99. The highest BCUT2D eigenvalue weighted by molar-refractivity contribution is 7.89. The van der Waals surface area contributed by atoms with Crippen molar-refractivity contribution in [3.8, 4) is 17.4 Å². The molecule has 21 nitrogen and oxygen atoms in total. The normalized spacial score (nSPS) is 22.0. The summed E-state index contributed by atoms with van der Waals surface area (Å²) in [4.78, 5) is 45.8. The van der Waals surface area contributed by atoms with E-state index in [-0.39, 0.29) is 72.5 Å². The summed E-state index contributed by atoms with van der Waals surface area (Å²) in [5, 5.41) is 12.7. The molecule has 12 atom stereocenters. The number of hydrogen-bond acceptors (Lipinski definition) is 15. The number of methoxy groups -OCH3 is 3. The largest absolute Gasteiger partial charge is 0.496 e. The van der Waals surface area contributed by atoms with Crippen LogP contribution in [0, 0.1) is 64.0 Å². The number of imide groups is 1. The number of anilines is 1. The van der Waals surface area contributed by atoms with Gasteiger partial charge in [-0.2, -0.15) is 31.2 Å². The predicted molar refractivity (Wildman–Crippen MR) is 506 cm³/mol. The summed E-state index contributed by atoms with van der Waals surface area (Å²) >= 11 is 12.3. The summed E-state index contributed by atoms with van der Waals surface area (Å²) in [7, 11) is -6.16. The molecule has 0 spiro atoms. The zero-order valence-corrected chi connectivity index (χ0v) is 80.8. The summed E-state index contributed by atoms with van der Waals surface area (Å²) in [6.07, 6.45) is 4.32. The van der Waals surface area contributed by atoms with Crippen LogP contribution in [-0.4, -0.2) is 82.9 Å². The smallest absolute Gasteiger partial charge is 0.416 e. The molecule has 134 heavy (non-hydrogen) atoms. The van der Waals surface area contributed by atoms with Gasteiger partial charge in [-0.15, -0.1) is 0 Å². The number of nitrogens with one attached hydrogen (secondary N) is 3.